The second-order valence-corrected chi connectivity index (χ2v) is 15.2. The Kier molecular flexibility index (Phi) is 5.84. The highest BCUT2D eigenvalue weighted by atomic mass is 32.2. The number of carbonyl (C=O) groups is 3. The van der Waals surface area contributed by atoms with Gasteiger partial charge in [0.15, 0.2) is 12.2 Å². The lowest BCUT2D eigenvalue weighted by molar-refractivity contribution is -0.186. The molecule has 0 aromatic heterocycles. The van der Waals surface area contributed by atoms with E-state index in [4.69, 9.17) is 18.8 Å². The minimum atomic E-state index is -5.87. The van der Waals surface area contributed by atoms with Crippen LogP contribution in [0.1, 0.15) is 66.2 Å². The lowest BCUT2D eigenvalue weighted by atomic mass is 9.49. The number of amides is 1. The molecule has 7 unspecified atom stereocenters. The third-order valence-electron chi connectivity index (χ3n) is 10.0. The third kappa shape index (κ3) is 3.88. The van der Waals surface area contributed by atoms with Crippen LogP contribution in [-0.2, 0) is 38.7 Å². The largest absolute Gasteiger partial charge is 0.457 e. The van der Waals surface area contributed by atoms with Crippen molar-refractivity contribution in [3.8, 4) is 0 Å². The fourth-order valence-corrected chi connectivity index (χ4v) is 9.41. The van der Waals surface area contributed by atoms with Crippen LogP contribution in [0.3, 0.4) is 0 Å². The van der Waals surface area contributed by atoms with Crippen molar-refractivity contribution in [2.75, 3.05) is 0 Å². The van der Waals surface area contributed by atoms with Crippen LogP contribution in [0.15, 0.2) is 0 Å². The molecule has 6 bridgehead atoms. The molecule has 3 aliphatic heterocycles. The lowest BCUT2D eigenvalue weighted by Gasteiger charge is -2.55. The number of esters is 2. The summed E-state index contributed by atoms with van der Waals surface area (Å²) in [4.78, 5) is 42.2. The molecule has 7 fully saturated rings. The Morgan fingerprint density at radius 2 is 1.62 bits per heavy atom. The molecule has 0 radical (unpaired) electrons. The highest BCUT2D eigenvalue weighted by Crippen LogP contribution is 2.61. The number of ether oxygens (including phenoxy) is 3. The average Bonchev–Trinajstić information content (AvgIpc) is 3.39. The molecule has 3 heterocycles. The van der Waals surface area contributed by atoms with Gasteiger partial charge >= 0.3 is 27.3 Å². The Morgan fingerprint density at radius 1 is 1.08 bits per heavy atom. The van der Waals surface area contributed by atoms with Crippen LogP contribution in [0.2, 0.25) is 0 Å². The standard InChI is InChI=1S/C26H35F2NO9S/c1-11(26(27,28)39(33,34)35)36-22(31)16-15-18-17(29(21(15)30)24(2,3)4)20(19(16)37-18)38-23(32)25-8-12-5-13(9-25)7-14(6-12)10-25/h11-20H,5-10H2,1-4H3,(H,33,34,35). The maximum absolute atomic E-state index is 14.2. The fourth-order valence-electron chi connectivity index (χ4n) is 8.95. The smallest absolute Gasteiger partial charge is 0.405 e. The first-order valence-electron chi connectivity index (χ1n) is 13.7. The molecule has 0 aromatic carbocycles. The normalized spacial score (nSPS) is 43.2. The van der Waals surface area contributed by atoms with Gasteiger partial charge in [0.05, 0.1) is 23.5 Å². The van der Waals surface area contributed by atoms with Crippen molar-refractivity contribution in [1.29, 1.82) is 0 Å². The quantitative estimate of drug-likeness (QED) is 0.374. The molecular formula is C26H35F2NO9S. The van der Waals surface area contributed by atoms with Gasteiger partial charge in [-0.15, -0.1) is 0 Å². The van der Waals surface area contributed by atoms with E-state index in [1.807, 2.05) is 20.8 Å². The van der Waals surface area contributed by atoms with E-state index in [0.29, 0.717) is 24.7 Å². The van der Waals surface area contributed by atoms with E-state index in [2.05, 4.69) is 0 Å². The van der Waals surface area contributed by atoms with Crippen molar-refractivity contribution in [1.82, 2.24) is 4.90 Å². The van der Waals surface area contributed by atoms with Crippen LogP contribution in [0.25, 0.3) is 0 Å². The number of alkyl halides is 2. The molecule has 3 saturated heterocycles. The molecule has 7 rings (SSSR count). The van der Waals surface area contributed by atoms with Gasteiger partial charge in [0.1, 0.15) is 12.0 Å². The Labute approximate surface area is 225 Å². The summed E-state index contributed by atoms with van der Waals surface area (Å²) in [7, 11) is -5.87. The Morgan fingerprint density at radius 3 is 2.10 bits per heavy atom. The van der Waals surface area contributed by atoms with Gasteiger partial charge < -0.3 is 19.1 Å². The third-order valence-corrected chi connectivity index (χ3v) is 11.1. The number of nitrogens with zero attached hydrogens (tertiary/aromatic N) is 1. The van der Waals surface area contributed by atoms with Crippen molar-refractivity contribution >= 4 is 28.0 Å². The first-order valence-corrected chi connectivity index (χ1v) is 15.1. The van der Waals surface area contributed by atoms with E-state index in [1.54, 1.807) is 4.90 Å². The second-order valence-electron chi connectivity index (χ2n) is 13.7. The fraction of sp³-hybridized carbons (Fsp3) is 0.885. The van der Waals surface area contributed by atoms with E-state index < -0.39 is 80.5 Å². The summed E-state index contributed by atoms with van der Waals surface area (Å²) >= 11 is 0. The van der Waals surface area contributed by atoms with E-state index in [0.717, 1.165) is 38.5 Å². The molecule has 1 N–H and O–H groups in total. The first kappa shape index (κ1) is 27.3. The zero-order valence-corrected chi connectivity index (χ0v) is 23.2. The number of rotatable bonds is 6. The van der Waals surface area contributed by atoms with Crippen LogP contribution < -0.4 is 0 Å². The number of fused-ring (bicyclic) bond motifs is 1. The topological polar surface area (TPSA) is 137 Å². The number of carbonyl (C=O) groups excluding carboxylic acids is 3. The molecule has 7 atom stereocenters. The predicted octanol–water partition coefficient (Wildman–Crippen LogP) is 2.55. The van der Waals surface area contributed by atoms with Gasteiger partial charge in [-0.1, -0.05) is 0 Å². The zero-order chi connectivity index (χ0) is 28.4. The van der Waals surface area contributed by atoms with Crippen LogP contribution >= 0.6 is 0 Å². The molecule has 0 spiro atoms. The van der Waals surface area contributed by atoms with E-state index in [9.17, 15) is 31.6 Å². The van der Waals surface area contributed by atoms with Crippen molar-refractivity contribution in [2.45, 2.75) is 107 Å². The molecule has 13 heteroatoms. The van der Waals surface area contributed by atoms with Crippen LogP contribution in [0.5, 0.6) is 0 Å². The molecule has 39 heavy (non-hydrogen) atoms. The Hall–Kier alpha value is -1.86. The molecule has 1 amide bonds. The molecular weight excluding hydrogens is 540 g/mol. The molecule has 218 valence electrons. The van der Waals surface area contributed by atoms with Gasteiger partial charge in [-0.2, -0.15) is 17.2 Å². The van der Waals surface area contributed by atoms with E-state index in [1.165, 1.54) is 0 Å². The molecule has 4 aliphatic carbocycles. The molecule has 0 aromatic rings. The number of likely N-dealkylation sites (tertiary alicyclic amines) is 1. The summed E-state index contributed by atoms with van der Waals surface area (Å²) in [5.41, 5.74) is -1.32. The summed E-state index contributed by atoms with van der Waals surface area (Å²) in [5, 5.41) is -4.76. The van der Waals surface area contributed by atoms with Gasteiger partial charge in [0, 0.05) is 5.54 Å². The van der Waals surface area contributed by atoms with Crippen molar-refractivity contribution in [2.24, 2.45) is 35.0 Å². The second kappa shape index (κ2) is 8.34. The van der Waals surface area contributed by atoms with Crippen molar-refractivity contribution in [3.63, 3.8) is 0 Å². The van der Waals surface area contributed by atoms with Gasteiger partial charge in [-0.3, -0.25) is 18.9 Å². The minimum Gasteiger partial charge on any atom is -0.457 e. The summed E-state index contributed by atoms with van der Waals surface area (Å²) in [6.45, 7) is 6.07. The minimum absolute atomic E-state index is 0.356. The number of halogens is 2. The predicted molar refractivity (Wildman–Crippen MR) is 129 cm³/mol. The zero-order valence-electron chi connectivity index (χ0n) is 22.3. The van der Waals surface area contributed by atoms with Crippen LogP contribution in [0, 0.1) is 35.0 Å². The summed E-state index contributed by atoms with van der Waals surface area (Å²) in [6, 6.07) is -0.647. The highest BCUT2D eigenvalue weighted by molar-refractivity contribution is 7.86. The monoisotopic (exact) mass is 575 g/mol. The lowest BCUT2D eigenvalue weighted by Crippen LogP contribution is -2.57. The molecule has 4 saturated carbocycles. The summed E-state index contributed by atoms with van der Waals surface area (Å²) < 4.78 is 76.6. The Balaban J connectivity index is 1.29. The summed E-state index contributed by atoms with van der Waals surface area (Å²) in [5.74, 6) is -3.03. The SMILES string of the molecule is CC(OC(=O)C1C2OC3C1C(=O)N(C(C)(C)C)C3C2OC(=O)C12CC3CC(CC(C3)C1)C2)C(F)(F)S(=O)(=O)O. The van der Waals surface area contributed by atoms with E-state index >= 15 is 0 Å². The Bertz CT molecular complexity index is 1180. The van der Waals surface area contributed by atoms with Crippen LogP contribution in [0.4, 0.5) is 8.78 Å². The average molecular weight is 576 g/mol. The van der Waals surface area contributed by atoms with Crippen molar-refractivity contribution < 1.29 is 50.3 Å². The maximum Gasteiger partial charge on any atom is 0.405 e. The molecule has 7 aliphatic rings. The van der Waals surface area contributed by atoms with Gasteiger partial charge in [-0.25, -0.2) is 0 Å². The van der Waals surface area contributed by atoms with Gasteiger partial charge in [0.25, 0.3) is 0 Å². The van der Waals surface area contributed by atoms with Crippen LogP contribution in [-0.4, -0.2) is 77.0 Å². The maximum atomic E-state index is 14.2. The highest BCUT2D eigenvalue weighted by Gasteiger charge is 2.74. The van der Waals surface area contributed by atoms with Gasteiger partial charge in [0.2, 0.25) is 5.91 Å². The number of hydrogen-bond donors (Lipinski definition) is 1. The van der Waals surface area contributed by atoms with E-state index in [-0.39, 0.29) is 5.97 Å². The molecule has 10 nitrogen and oxygen atoms in total. The van der Waals surface area contributed by atoms with Gasteiger partial charge in [-0.05, 0) is 84.0 Å². The first-order chi connectivity index (χ1) is 17.9. The summed E-state index contributed by atoms with van der Waals surface area (Å²) in [6.07, 6.45) is 0.171. The van der Waals surface area contributed by atoms with Crippen molar-refractivity contribution in [3.05, 3.63) is 0 Å². The number of hydrogen-bond acceptors (Lipinski definition) is 8.